The second kappa shape index (κ2) is 5.85. The lowest BCUT2D eigenvalue weighted by Gasteiger charge is -2.14. The van der Waals surface area contributed by atoms with Gasteiger partial charge in [0.2, 0.25) is 0 Å². The van der Waals surface area contributed by atoms with Gasteiger partial charge in [-0.1, -0.05) is 35.9 Å². The molecule has 0 bridgehead atoms. The molecule has 0 unspecified atom stereocenters. The first-order chi connectivity index (χ1) is 11.7. The van der Waals surface area contributed by atoms with Crippen LogP contribution in [0.2, 0.25) is 5.02 Å². The number of halogens is 1. The van der Waals surface area contributed by atoms with Gasteiger partial charge in [-0.25, -0.2) is 0 Å². The van der Waals surface area contributed by atoms with E-state index in [1.54, 1.807) is 0 Å². The van der Waals surface area contributed by atoms with E-state index in [1.807, 2.05) is 34.9 Å². The van der Waals surface area contributed by atoms with Crippen molar-refractivity contribution in [2.45, 2.75) is 20.1 Å². The molecule has 120 valence electrons. The van der Waals surface area contributed by atoms with Crippen LogP contribution in [0.25, 0.3) is 5.69 Å². The molecule has 2 heterocycles. The van der Waals surface area contributed by atoms with Crippen LogP contribution in [0.1, 0.15) is 28.3 Å². The minimum Gasteiger partial charge on any atom is -0.388 e. The second-order valence-corrected chi connectivity index (χ2v) is 6.10. The molecule has 2 aromatic carbocycles. The summed E-state index contributed by atoms with van der Waals surface area (Å²) < 4.78 is 1.86. The van der Waals surface area contributed by atoms with Crippen molar-refractivity contribution in [3.63, 3.8) is 0 Å². The third-order valence-electron chi connectivity index (χ3n) is 4.17. The Hall–Kier alpha value is -2.50. The van der Waals surface area contributed by atoms with Gasteiger partial charge in [-0.15, -0.1) is 10.2 Å². The molecule has 1 aromatic heterocycles. The Balaban J connectivity index is 2.01. The first-order valence-corrected chi connectivity index (χ1v) is 8.01. The zero-order valence-corrected chi connectivity index (χ0v) is 13.8. The standard InChI is InChI=1S/C18H15ClN4O/c1-11-4-2-3-5-13(11)18-14-8-12(19)6-7-15(14)23-16(9-20-18)21-22-17(23)10-24/h2-8,24H,9-10H2,1H3. The second-order valence-electron chi connectivity index (χ2n) is 5.67. The molecule has 4 rings (SSSR count). The van der Waals surface area contributed by atoms with Crippen LogP contribution >= 0.6 is 11.6 Å². The fraction of sp³-hybridized carbons (Fsp3) is 0.167. The lowest BCUT2D eigenvalue weighted by Crippen LogP contribution is -2.10. The maximum absolute atomic E-state index is 9.59. The molecule has 0 spiro atoms. The molecule has 5 nitrogen and oxygen atoms in total. The molecule has 0 fully saturated rings. The molecular formula is C18H15ClN4O. The number of aliphatic imine (C=N–C) groups is 1. The minimum atomic E-state index is -0.186. The van der Waals surface area contributed by atoms with Crippen molar-refractivity contribution in [2.24, 2.45) is 4.99 Å². The van der Waals surface area contributed by atoms with Gasteiger partial charge in [0, 0.05) is 16.1 Å². The Morgan fingerprint density at radius 2 is 1.96 bits per heavy atom. The van der Waals surface area contributed by atoms with E-state index in [2.05, 4.69) is 29.3 Å². The molecule has 0 saturated carbocycles. The third-order valence-corrected chi connectivity index (χ3v) is 4.41. The quantitative estimate of drug-likeness (QED) is 0.781. The maximum Gasteiger partial charge on any atom is 0.163 e. The van der Waals surface area contributed by atoms with Crippen LogP contribution in [0.4, 0.5) is 0 Å². The molecule has 0 atom stereocenters. The normalized spacial score (nSPS) is 13.0. The van der Waals surface area contributed by atoms with E-state index >= 15 is 0 Å². The van der Waals surface area contributed by atoms with Crippen LogP contribution in [0, 0.1) is 6.92 Å². The van der Waals surface area contributed by atoms with E-state index in [0.29, 0.717) is 23.2 Å². The first-order valence-electron chi connectivity index (χ1n) is 7.64. The van der Waals surface area contributed by atoms with Crippen LogP contribution in [0.5, 0.6) is 0 Å². The molecule has 3 aromatic rings. The molecule has 1 N–H and O–H groups in total. The predicted molar refractivity (Wildman–Crippen MR) is 92.8 cm³/mol. The highest BCUT2D eigenvalue weighted by Crippen LogP contribution is 2.29. The first kappa shape index (κ1) is 15.1. The van der Waals surface area contributed by atoms with Gasteiger partial charge in [-0.2, -0.15) is 0 Å². The van der Waals surface area contributed by atoms with E-state index in [0.717, 1.165) is 28.1 Å². The lowest BCUT2D eigenvalue weighted by molar-refractivity contribution is 0.268. The van der Waals surface area contributed by atoms with E-state index in [4.69, 9.17) is 16.6 Å². The van der Waals surface area contributed by atoms with E-state index in [9.17, 15) is 5.11 Å². The number of aromatic nitrogens is 3. The topological polar surface area (TPSA) is 63.3 Å². The molecule has 24 heavy (non-hydrogen) atoms. The molecule has 6 heteroatoms. The number of rotatable bonds is 2. The van der Waals surface area contributed by atoms with Gasteiger partial charge in [0.25, 0.3) is 0 Å². The number of benzene rings is 2. The third kappa shape index (κ3) is 2.33. The van der Waals surface area contributed by atoms with E-state index < -0.39 is 0 Å². The zero-order chi connectivity index (χ0) is 16.7. The molecule has 1 aliphatic rings. The highest BCUT2D eigenvalue weighted by atomic mass is 35.5. The van der Waals surface area contributed by atoms with Gasteiger partial charge in [0.05, 0.1) is 11.4 Å². The molecule has 1 aliphatic heterocycles. The average Bonchev–Trinajstić information content (AvgIpc) is 2.93. The highest BCUT2D eigenvalue weighted by molar-refractivity contribution is 6.31. The molecule has 0 saturated heterocycles. The van der Waals surface area contributed by atoms with Crippen LogP contribution in [0.3, 0.4) is 0 Å². The largest absolute Gasteiger partial charge is 0.388 e. The van der Waals surface area contributed by atoms with Crippen molar-refractivity contribution in [1.82, 2.24) is 14.8 Å². The van der Waals surface area contributed by atoms with Gasteiger partial charge in [0.1, 0.15) is 13.2 Å². The Kier molecular flexibility index (Phi) is 3.67. The molecule has 0 radical (unpaired) electrons. The molecule has 0 aliphatic carbocycles. The highest BCUT2D eigenvalue weighted by Gasteiger charge is 2.23. The smallest absolute Gasteiger partial charge is 0.163 e. The van der Waals surface area contributed by atoms with Crippen molar-refractivity contribution in [3.05, 3.63) is 75.8 Å². The average molecular weight is 339 g/mol. The number of aliphatic hydroxyl groups is 1. The number of aryl methyl sites for hydroxylation is 1. The van der Waals surface area contributed by atoms with E-state index in [1.165, 1.54) is 0 Å². The van der Waals surface area contributed by atoms with Gasteiger partial charge >= 0.3 is 0 Å². The monoisotopic (exact) mass is 338 g/mol. The fourth-order valence-electron chi connectivity index (χ4n) is 3.03. The van der Waals surface area contributed by atoms with Gasteiger partial charge in [-0.05, 0) is 30.7 Å². The summed E-state index contributed by atoms with van der Waals surface area (Å²) in [6, 6.07) is 13.8. The number of fused-ring (bicyclic) bond motifs is 3. The summed E-state index contributed by atoms with van der Waals surface area (Å²) in [6.07, 6.45) is 0. The Bertz CT molecular complexity index is 961. The van der Waals surface area contributed by atoms with Crippen molar-refractivity contribution >= 4 is 17.3 Å². The molecular weight excluding hydrogens is 324 g/mol. The fourth-order valence-corrected chi connectivity index (χ4v) is 3.21. The maximum atomic E-state index is 9.59. The summed E-state index contributed by atoms with van der Waals surface area (Å²) in [4.78, 5) is 4.78. The van der Waals surface area contributed by atoms with Crippen LogP contribution < -0.4 is 0 Å². The number of hydrogen-bond acceptors (Lipinski definition) is 4. The van der Waals surface area contributed by atoms with Gasteiger partial charge in [-0.3, -0.25) is 9.56 Å². The summed E-state index contributed by atoms with van der Waals surface area (Å²) in [5.41, 5.74) is 4.86. The summed E-state index contributed by atoms with van der Waals surface area (Å²) in [7, 11) is 0. The van der Waals surface area contributed by atoms with E-state index in [-0.39, 0.29) is 6.61 Å². The SMILES string of the molecule is Cc1ccccc1C1=NCc2nnc(CO)n2-c2ccc(Cl)cc21. The Morgan fingerprint density at radius 1 is 1.12 bits per heavy atom. The van der Waals surface area contributed by atoms with Crippen molar-refractivity contribution in [3.8, 4) is 5.69 Å². The van der Waals surface area contributed by atoms with Crippen molar-refractivity contribution in [2.75, 3.05) is 0 Å². The lowest BCUT2D eigenvalue weighted by atomic mass is 9.97. The Morgan fingerprint density at radius 3 is 2.75 bits per heavy atom. The predicted octanol–water partition coefficient (Wildman–Crippen LogP) is 3.07. The van der Waals surface area contributed by atoms with Crippen molar-refractivity contribution < 1.29 is 5.11 Å². The van der Waals surface area contributed by atoms with Crippen LogP contribution in [0.15, 0.2) is 47.5 Å². The van der Waals surface area contributed by atoms with Crippen molar-refractivity contribution in [1.29, 1.82) is 0 Å². The summed E-state index contributed by atoms with van der Waals surface area (Å²) >= 11 is 6.25. The van der Waals surface area contributed by atoms with Crippen LogP contribution in [-0.2, 0) is 13.2 Å². The zero-order valence-electron chi connectivity index (χ0n) is 13.1. The summed E-state index contributed by atoms with van der Waals surface area (Å²) in [5.74, 6) is 1.20. The van der Waals surface area contributed by atoms with Gasteiger partial charge in [0.15, 0.2) is 11.6 Å². The minimum absolute atomic E-state index is 0.186. The van der Waals surface area contributed by atoms with Crippen LogP contribution in [-0.4, -0.2) is 25.6 Å². The summed E-state index contributed by atoms with van der Waals surface area (Å²) in [6.45, 7) is 2.27. The summed E-state index contributed by atoms with van der Waals surface area (Å²) in [5, 5.41) is 18.5. The number of aliphatic hydroxyl groups excluding tert-OH is 1. The number of hydrogen-bond donors (Lipinski definition) is 1. The Labute approximate surface area is 144 Å². The molecule has 0 amide bonds. The number of nitrogens with zero attached hydrogens (tertiary/aromatic N) is 4. The van der Waals surface area contributed by atoms with Gasteiger partial charge < -0.3 is 5.11 Å².